The van der Waals surface area contributed by atoms with E-state index in [0.29, 0.717) is 6.54 Å². The summed E-state index contributed by atoms with van der Waals surface area (Å²) >= 11 is 0. The van der Waals surface area contributed by atoms with Crippen LogP contribution in [-0.2, 0) is 11.2 Å². The Hall–Kier alpha value is -1.86. The molecule has 1 fully saturated rings. The largest absolute Gasteiger partial charge is 0.326 e. The summed E-state index contributed by atoms with van der Waals surface area (Å²) in [7, 11) is 0. The van der Waals surface area contributed by atoms with Crippen LogP contribution in [0.15, 0.2) is 24.3 Å². The number of nitrogens with zero attached hydrogens (tertiary/aromatic N) is 2. The first-order chi connectivity index (χ1) is 10.3. The number of amides is 1. The minimum Gasteiger partial charge on any atom is -0.326 e. The standard InChI is InChI=1S/C17H21N3O/c18-11-14-7-4-10-20(14)17(21)12-19-16-9-3-6-13-5-1-2-8-15(13)16/h1-2,5,8,14,16,19H,3-4,6-7,9-10,12H2/t14-,16?/m0/s1. The first kappa shape index (κ1) is 14.1. The van der Waals surface area contributed by atoms with Crippen molar-refractivity contribution in [2.24, 2.45) is 0 Å². The molecule has 1 aromatic carbocycles. The molecule has 4 heteroatoms. The molecule has 2 aliphatic rings. The van der Waals surface area contributed by atoms with E-state index in [4.69, 9.17) is 5.26 Å². The van der Waals surface area contributed by atoms with Crippen LogP contribution >= 0.6 is 0 Å². The number of nitrogens with one attached hydrogen (secondary N) is 1. The molecule has 2 atom stereocenters. The van der Waals surface area contributed by atoms with Gasteiger partial charge in [0.05, 0.1) is 12.6 Å². The molecule has 0 spiro atoms. The number of carbonyl (C=O) groups excluding carboxylic acids is 1. The van der Waals surface area contributed by atoms with Crippen LogP contribution in [0.4, 0.5) is 0 Å². The smallest absolute Gasteiger partial charge is 0.237 e. The zero-order chi connectivity index (χ0) is 14.7. The predicted molar refractivity (Wildman–Crippen MR) is 80.5 cm³/mol. The van der Waals surface area contributed by atoms with E-state index in [1.807, 2.05) is 0 Å². The van der Waals surface area contributed by atoms with Gasteiger partial charge >= 0.3 is 0 Å². The molecule has 1 unspecified atom stereocenters. The monoisotopic (exact) mass is 283 g/mol. The number of fused-ring (bicyclic) bond motifs is 1. The third-order valence-corrected chi connectivity index (χ3v) is 4.59. The fourth-order valence-electron chi connectivity index (χ4n) is 3.48. The summed E-state index contributed by atoms with van der Waals surface area (Å²) in [6.07, 6.45) is 5.12. The van der Waals surface area contributed by atoms with E-state index < -0.39 is 0 Å². The van der Waals surface area contributed by atoms with Gasteiger partial charge in [-0.2, -0.15) is 5.26 Å². The van der Waals surface area contributed by atoms with Crippen molar-refractivity contribution in [2.45, 2.75) is 44.2 Å². The Balaban J connectivity index is 1.61. The number of carbonyl (C=O) groups is 1. The number of likely N-dealkylation sites (tertiary alicyclic amines) is 1. The average molecular weight is 283 g/mol. The lowest BCUT2D eigenvalue weighted by Gasteiger charge is -2.27. The molecular formula is C17H21N3O. The van der Waals surface area contributed by atoms with E-state index in [2.05, 4.69) is 35.7 Å². The van der Waals surface area contributed by atoms with Crippen molar-refractivity contribution in [3.63, 3.8) is 0 Å². The SMILES string of the molecule is N#C[C@@H]1CCCN1C(=O)CNC1CCCc2ccccc21. The summed E-state index contributed by atoms with van der Waals surface area (Å²) < 4.78 is 0. The molecule has 1 aliphatic carbocycles. The zero-order valence-electron chi connectivity index (χ0n) is 12.2. The van der Waals surface area contributed by atoms with E-state index in [1.54, 1.807) is 4.90 Å². The van der Waals surface area contributed by atoms with Crippen molar-refractivity contribution in [3.05, 3.63) is 35.4 Å². The van der Waals surface area contributed by atoms with Crippen molar-refractivity contribution in [2.75, 3.05) is 13.1 Å². The van der Waals surface area contributed by atoms with Crippen molar-refractivity contribution < 1.29 is 4.79 Å². The Labute approximate surface area is 125 Å². The minimum absolute atomic E-state index is 0.0575. The predicted octanol–water partition coefficient (Wildman–Crippen LogP) is 2.17. The zero-order valence-corrected chi connectivity index (χ0v) is 12.2. The van der Waals surface area contributed by atoms with Gasteiger partial charge in [0.15, 0.2) is 0 Å². The Bertz CT molecular complexity index is 563. The van der Waals surface area contributed by atoms with Crippen LogP contribution in [0.5, 0.6) is 0 Å². The summed E-state index contributed by atoms with van der Waals surface area (Å²) in [5.41, 5.74) is 2.72. The highest BCUT2D eigenvalue weighted by molar-refractivity contribution is 5.79. The second-order valence-corrected chi connectivity index (χ2v) is 5.90. The van der Waals surface area contributed by atoms with Gasteiger partial charge in [-0.25, -0.2) is 0 Å². The molecule has 0 radical (unpaired) electrons. The molecule has 110 valence electrons. The summed E-state index contributed by atoms with van der Waals surface area (Å²) in [4.78, 5) is 14.0. The lowest BCUT2D eigenvalue weighted by atomic mass is 9.88. The van der Waals surface area contributed by atoms with Gasteiger partial charge in [-0.15, -0.1) is 0 Å². The van der Waals surface area contributed by atoms with Crippen molar-refractivity contribution in [3.8, 4) is 6.07 Å². The molecule has 3 rings (SSSR count). The summed E-state index contributed by atoms with van der Waals surface area (Å²) in [5.74, 6) is 0.0575. The minimum atomic E-state index is -0.224. The number of rotatable bonds is 3. The number of nitriles is 1. The van der Waals surface area contributed by atoms with Crippen molar-refractivity contribution in [1.29, 1.82) is 5.26 Å². The van der Waals surface area contributed by atoms with Gasteiger partial charge in [-0.05, 0) is 43.2 Å². The lowest BCUT2D eigenvalue weighted by Crippen LogP contribution is -2.41. The third-order valence-electron chi connectivity index (χ3n) is 4.59. The Morgan fingerprint density at radius 3 is 3.05 bits per heavy atom. The molecule has 1 aliphatic heterocycles. The fraction of sp³-hybridized carbons (Fsp3) is 0.529. The van der Waals surface area contributed by atoms with Crippen LogP contribution in [0.1, 0.15) is 42.9 Å². The average Bonchev–Trinajstić information content (AvgIpc) is 3.01. The molecule has 0 bridgehead atoms. The normalized spacial score (nSPS) is 24.4. The molecule has 1 amide bonds. The van der Waals surface area contributed by atoms with Gasteiger partial charge < -0.3 is 10.2 Å². The van der Waals surface area contributed by atoms with Gasteiger partial charge in [0.25, 0.3) is 0 Å². The summed E-state index contributed by atoms with van der Waals surface area (Å²) in [5, 5.41) is 12.5. The van der Waals surface area contributed by atoms with Crippen molar-refractivity contribution >= 4 is 5.91 Å². The van der Waals surface area contributed by atoms with Crippen LogP contribution in [0.2, 0.25) is 0 Å². The quantitative estimate of drug-likeness (QED) is 0.925. The number of aryl methyl sites for hydroxylation is 1. The molecule has 1 heterocycles. The first-order valence-corrected chi connectivity index (χ1v) is 7.80. The molecule has 4 nitrogen and oxygen atoms in total. The van der Waals surface area contributed by atoms with Gasteiger partial charge in [0, 0.05) is 12.6 Å². The summed E-state index contributed by atoms with van der Waals surface area (Å²) in [6.45, 7) is 1.05. The molecule has 1 N–H and O–H groups in total. The maximum atomic E-state index is 12.3. The fourth-order valence-corrected chi connectivity index (χ4v) is 3.48. The van der Waals surface area contributed by atoms with Gasteiger partial charge in [0.2, 0.25) is 5.91 Å². The third kappa shape index (κ3) is 2.93. The van der Waals surface area contributed by atoms with Crippen LogP contribution in [-0.4, -0.2) is 29.9 Å². The highest BCUT2D eigenvalue weighted by Crippen LogP contribution is 2.29. The van der Waals surface area contributed by atoms with E-state index in [-0.39, 0.29) is 18.0 Å². The van der Waals surface area contributed by atoms with Gasteiger partial charge in [-0.1, -0.05) is 24.3 Å². The van der Waals surface area contributed by atoms with Crippen molar-refractivity contribution in [1.82, 2.24) is 10.2 Å². The van der Waals surface area contributed by atoms with E-state index in [9.17, 15) is 4.79 Å². The Morgan fingerprint density at radius 2 is 2.19 bits per heavy atom. The molecule has 1 aromatic rings. The lowest BCUT2D eigenvalue weighted by molar-refractivity contribution is -0.130. The van der Waals surface area contributed by atoms with Crippen LogP contribution in [0, 0.1) is 11.3 Å². The highest BCUT2D eigenvalue weighted by Gasteiger charge is 2.29. The number of hydrogen-bond donors (Lipinski definition) is 1. The van der Waals surface area contributed by atoms with Crippen LogP contribution in [0.3, 0.4) is 0 Å². The molecule has 21 heavy (non-hydrogen) atoms. The molecule has 0 saturated carbocycles. The molecule has 0 aromatic heterocycles. The second-order valence-electron chi connectivity index (χ2n) is 5.90. The van der Waals surface area contributed by atoms with Crippen LogP contribution < -0.4 is 5.32 Å². The first-order valence-electron chi connectivity index (χ1n) is 7.80. The van der Waals surface area contributed by atoms with Gasteiger partial charge in [-0.3, -0.25) is 4.79 Å². The maximum Gasteiger partial charge on any atom is 0.237 e. The maximum absolute atomic E-state index is 12.3. The van der Waals surface area contributed by atoms with Crippen LogP contribution in [0.25, 0.3) is 0 Å². The Morgan fingerprint density at radius 1 is 1.33 bits per heavy atom. The van der Waals surface area contributed by atoms with E-state index in [0.717, 1.165) is 38.6 Å². The number of hydrogen-bond acceptors (Lipinski definition) is 3. The molecule has 1 saturated heterocycles. The summed E-state index contributed by atoms with van der Waals surface area (Å²) in [6, 6.07) is 10.7. The topological polar surface area (TPSA) is 56.1 Å². The van der Waals surface area contributed by atoms with Gasteiger partial charge in [0.1, 0.15) is 6.04 Å². The van der Waals surface area contributed by atoms with E-state index >= 15 is 0 Å². The number of benzene rings is 1. The highest BCUT2D eigenvalue weighted by atomic mass is 16.2. The van der Waals surface area contributed by atoms with E-state index in [1.165, 1.54) is 11.1 Å². The molecular weight excluding hydrogens is 262 g/mol. The second kappa shape index (κ2) is 6.28. The Kier molecular flexibility index (Phi) is 4.21.